The third kappa shape index (κ3) is 2.91. The number of para-hydroxylation sites is 1. The van der Waals surface area contributed by atoms with Crippen molar-refractivity contribution < 1.29 is 9.84 Å². The van der Waals surface area contributed by atoms with Crippen LogP contribution >= 0.6 is 23.2 Å². The normalized spacial score (nSPS) is 10.3. The molecule has 0 bridgehead atoms. The molecule has 0 amide bonds. The van der Waals surface area contributed by atoms with Crippen LogP contribution in [0.25, 0.3) is 0 Å². The van der Waals surface area contributed by atoms with E-state index in [0.29, 0.717) is 27.1 Å². The Bertz CT molecular complexity index is 527. The molecule has 0 aliphatic heterocycles. The highest BCUT2D eigenvalue weighted by atomic mass is 35.5. The standard InChI is InChI=1S/C13H10Cl2O2/c14-10-6-5-9(8-16)13(7-10)17-12-4-2-1-3-11(12)15/h1-7,16H,8H2. The summed E-state index contributed by atoms with van der Waals surface area (Å²) in [6.07, 6.45) is 0. The highest BCUT2D eigenvalue weighted by Gasteiger charge is 2.07. The first-order valence-corrected chi connectivity index (χ1v) is 5.78. The van der Waals surface area contributed by atoms with Gasteiger partial charge in [0.05, 0.1) is 11.6 Å². The smallest absolute Gasteiger partial charge is 0.146 e. The fraction of sp³-hybridized carbons (Fsp3) is 0.0769. The number of rotatable bonds is 3. The lowest BCUT2D eigenvalue weighted by molar-refractivity contribution is 0.276. The summed E-state index contributed by atoms with van der Waals surface area (Å²) in [5.41, 5.74) is 0.661. The van der Waals surface area contributed by atoms with E-state index in [1.54, 1.807) is 30.3 Å². The number of aliphatic hydroxyl groups is 1. The molecule has 0 aliphatic carbocycles. The van der Waals surface area contributed by atoms with Gasteiger partial charge in [0, 0.05) is 10.6 Å². The molecule has 0 atom stereocenters. The molecule has 0 radical (unpaired) electrons. The van der Waals surface area contributed by atoms with Crippen LogP contribution in [0.1, 0.15) is 5.56 Å². The van der Waals surface area contributed by atoms with Gasteiger partial charge >= 0.3 is 0 Å². The minimum absolute atomic E-state index is 0.114. The lowest BCUT2D eigenvalue weighted by Crippen LogP contribution is -1.92. The number of halogens is 2. The van der Waals surface area contributed by atoms with Gasteiger partial charge < -0.3 is 9.84 Å². The van der Waals surface area contributed by atoms with E-state index >= 15 is 0 Å². The van der Waals surface area contributed by atoms with E-state index in [2.05, 4.69) is 0 Å². The zero-order valence-corrected chi connectivity index (χ0v) is 10.4. The molecule has 2 rings (SSSR count). The Balaban J connectivity index is 2.35. The fourth-order valence-corrected chi connectivity index (χ4v) is 1.74. The van der Waals surface area contributed by atoms with Gasteiger partial charge in [0.2, 0.25) is 0 Å². The molecule has 88 valence electrons. The topological polar surface area (TPSA) is 29.5 Å². The van der Waals surface area contributed by atoms with Crippen molar-refractivity contribution in [1.82, 2.24) is 0 Å². The minimum atomic E-state index is -0.114. The molecule has 0 aromatic heterocycles. The quantitative estimate of drug-likeness (QED) is 0.901. The SMILES string of the molecule is OCc1ccc(Cl)cc1Oc1ccccc1Cl. The Hall–Kier alpha value is -1.22. The molecule has 4 heteroatoms. The van der Waals surface area contributed by atoms with Gasteiger partial charge in [-0.05, 0) is 24.3 Å². The first kappa shape index (κ1) is 12.2. The minimum Gasteiger partial charge on any atom is -0.455 e. The summed E-state index contributed by atoms with van der Waals surface area (Å²) in [7, 11) is 0. The van der Waals surface area contributed by atoms with Gasteiger partial charge in [0.1, 0.15) is 11.5 Å². The van der Waals surface area contributed by atoms with Gasteiger partial charge in [-0.25, -0.2) is 0 Å². The fourth-order valence-electron chi connectivity index (χ4n) is 1.40. The summed E-state index contributed by atoms with van der Waals surface area (Å²) in [6, 6.07) is 12.2. The van der Waals surface area contributed by atoms with Crippen LogP contribution in [-0.4, -0.2) is 5.11 Å². The number of hydrogen-bond donors (Lipinski definition) is 1. The predicted octanol–water partition coefficient (Wildman–Crippen LogP) is 4.28. The van der Waals surface area contributed by atoms with Crippen LogP contribution in [0.5, 0.6) is 11.5 Å². The Kier molecular flexibility index (Phi) is 3.89. The van der Waals surface area contributed by atoms with Crippen molar-refractivity contribution in [2.24, 2.45) is 0 Å². The molecule has 0 aliphatic rings. The van der Waals surface area contributed by atoms with Crippen LogP contribution in [-0.2, 0) is 6.61 Å². The van der Waals surface area contributed by atoms with E-state index in [4.69, 9.17) is 27.9 Å². The first-order valence-electron chi connectivity index (χ1n) is 5.02. The number of ether oxygens (including phenoxy) is 1. The molecule has 17 heavy (non-hydrogen) atoms. The van der Waals surface area contributed by atoms with Crippen molar-refractivity contribution in [1.29, 1.82) is 0 Å². The third-order valence-electron chi connectivity index (χ3n) is 2.26. The summed E-state index contributed by atoms with van der Waals surface area (Å²) < 4.78 is 5.64. The molecule has 2 aromatic carbocycles. The molecular formula is C13H10Cl2O2. The van der Waals surface area contributed by atoms with Gasteiger partial charge in [-0.15, -0.1) is 0 Å². The van der Waals surface area contributed by atoms with E-state index < -0.39 is 0 Å². The van der Waals surface area contributed by atoms with E-state index in [-0.39, 0.29) is 6.61 Å². The molecule has 0 spiro atoms. The van der Waals surface area contributed by atoms with Crippen LogP contribution < -0.4 is 4.74 Å². The summed E-state index contributed by atoms with van der Waals surface area (Å²) in [5, 5.41) is 10.3. The van der Waals surface area contributed by atoms with Crippen molar-refractivity contribution in [2.45, 2.75) is 6.61 Å². The van der Waals surface area contributed by atoms with Crippen molar-refractivity contribution in [2.75, 3.05) is 0 Å². The van der Waals surface area contributed by atoms with E-state index in [1.165, 1.54) is 0 Å². The molecule has 2 aromatic rings. The van der Waals surface area contributed by atoms with Crippen molar-refractivity contribution in [3.63, 3.8) is 0 Å². The Morgan fingerprint density at radius 1 is 1.00 bits per heavy atom. The van der Waals surface area contributed by atoms with E-state index in [9.17, 15) is 5.11 Å². The Morgan fingerprint density at radius 2 is 1.76 bits per heavy atom. The van der Waals surface area contributed by atoms with Crippen LogP contribution in [0.3, 0.4) is 0 Å². The monoisotopic (exact) mass is 268 g/mol. The van der Waals surface area contributed by atoms with Gasteiger partial charge in [0.15, 0.2) is 0 Å². The molecule has 1 N–H and O–H groups in total. The zero-order chi connectivity index (χ0) is 12.3. The lowest BCUT2D eigenvalue weighted by Gasteiger charge is -2.11. The Labute approximate surface area is 109 Å². The molecule has 0 heterocycles. The number of hydrogen-bond acceptors (Lipinski definition) is 2. The predicted molar refractivity (Wildman–Crippen MR) is 68.9 cm³/mol. The lowest BCUT2D eigenvalue weighted by atomic mass is 10.2. The molecular weight excluding hydrogens is 259 g/mol. The average Bonchev–Trinajstić information content (AvgIpc) is 2.32. The zero-order valence-electron chi connectivity index (χ0n) is 8.86. The first-order chi connectivity index (χ1) is 8.20. The van der Waals surface area contributed by atoms with Crippen LogP contribution in [0.15, 0.2) is 42.5 Å². The third-order valence-corrected chi connectivity index (χ3v) is 2.80. The molecule has 0 unspecified atom stereocenters. The summed E-state index contributed by atoms with van der Waals surface area (Å²) in [5.74, 6) is 1.04. The van der Waals surface area contributed by atoms with Crippen molar-refractivity contribution in [3.8, 4) is 11.5 Å². The average molecular weight is 269 g/mol. The number of aliphatic hydroxyl groups excluding tert-OH is 1. The second-order valence-corrected chi connectivity index (χ2v) is 4.29. The molecule has 0 saturated heterocycles. The molecule has 0 saturated carbocycles. The maximum Gasteiger partial charge on any atom is 0.146 e. The number of benzene rings is 2. The van der Waals surface area contributed by atoms with Crippen LogP contribution in [0.2, 0.25) is 10.0 Å². The van der Waals surface area contributed by atoms with Crippen molar-refractivity contribution >= 4 is 23.2 Å². The highest BCUT2D eigenvalue weighted by molar-refractivity contribution is 6.32. The highest BCUT2D eigenvalue weighted by Crippen LogP contribution is 2.32. The van der Waals surface area contributed by atoms with Gasteiger partial charge in [-0.1, -0.05) is 41.4 Å². The van der Waals surface area contributed by atoms with Crippen molar-refractivity contribution in [3.05, 3.63) is 58.1 Å². The second-order valence-electron chi connectivity index (χ2n) is 3.44. The summed E-state index contributed by atoms with van der Waals surface area (Å²) >= 11 is 11.9. The molecule has 2 nitrogen and oxygen atoms in total. The maximum atomic E-state index is 9.20. The summed E-state index contributed by atoms with van der Waals surface area (Å²) in [6.45, 7) is -0.114. The van der Waals surface area contributed by atoms with Crippen LogP contribution in [0.4, 0.5) is 0 Å². The van der Waals surface area contributed by atoms with Gasteiger partial charge in [-0.2, -0.15) is 0 Å². The Morgan fingerprint density at radius 3 is 2.47 bits per heavy atom. The largest absolute Gasteiger partial charge is 0.455 e. The second kappa shape index (κ2) is 5.41. The summed E-state index contributed by atoms with van der Waals surface area (Å²) in [4.78, 5) is 0. The van der Waals surface area contributed by atoms with E-state index in [0.717, 1.165) is 0 Å². The maximum absolute atomic E-state index is 9.20. The van der Waals surface area contributed by atoms with Gasteiger partial charge in [-0.3, -0.25) is 0 Å². The van der Waals surface area contributed by atoms with Gasteiger partial charge in [0.25, 0.3) is 0 Å². The van der Waals surface area contributed by atoms with Crippen LogP contribution in [0, 0.1) is 0 Å². The molecule has 0 fully saturated rings. The van der Waals surface area contributed by atoms with E-state index in [1.807, 2.05) is 12.1 Å².